The molecule has 0 unspecified atom stereocenters. The largest absolute Gasteiger partial charge is 0.473 e. The van der Waals surface area contributed by atoms with Crippen molar-refractivity contribution in [1.82, 2.24) is 8.75 Å². The molecule has 3 nitrogen and oxygen atoms in total. The van der Waals surface area contributed by atoms with Crippen LogP contribution in [0, 0.1) is 0 Å². The van der Waals surface area contributed by atoms with Crippen molar-refractivity contribution in [2.75, 3.05) is 0 Å². The zero-order valence-corrected chi connectivity index (χ0v) is 7.01. The van der Waals surface area contributed by atoms with Crippen LogP contribution < -0.4 is 4.74 Å². The van der Waals surface area contributed by atoms with Gasteiger partial charge in [0.25, 0.3) is 0 Å². The van der Waals surface area contributed by atoms with E-state index in [4.69, 9.17) is 4.74 Å². The molecule has 0 spiro atoms. The van der Waals surface area contributed by atoms with Gasteiger partial charge in [0.15, 0.2) is 0 Å². The average molecular weight is 170 g/mol. The Bertz CT molecular complexity index is 206. The minimum atomic E-state index is 0.402. The Morgan fingerprint density at radius 1 is 1.45 bits per heavy atom. The first-order valence-corrected chi connectivity index (χ1v) is 4.62. The van der Waals surface area contributed by atoms with Gasteiger partial charge in [0.1, 0.15) is 12.3 Å². The molecule has 11 heavy (non-hydrogen) atoms. The standard InChI is InChI=1S/C7H10N2OS/c1-2-4-6(3-1)10-7-5-8-11-9-7/h5-6H,1-4H2. The second-order valence-electron chi connectivity index (χ2n) is 2.77. The first-order chi connectivity index (χ1) is 5.45. The Balaban J connectivity index is 1.90. The summed E-state index contributed by atoms with van der Waals surface area (Å²) in [5.41, 5.74) is 0. The fraction of sp³-hybridized carbons (Fsp3) is 0.714. The van der Waals surface area contributed by atoms with Crippen LogP contribution in [0.15, 0.2) is 6.20 Å². The summed E-state index contributed by atoms with van der Waals surface area (Å²) in [5, 5.41) is 0. The third-order valence-electron chi connectivity index (χ3n) is 1.93. The van der Waals surface area contributed by atoms with E-state index in [-0.39, 0.29) is 0 Å². The molecule has 0 aromatic carbocycles. The van der Waals surface area contributed by atoms with E-state index in [0.29, 0.717) is 12.0 Å². The van der Waals surface area contributed by atoms with Gasteiger partial charge in [-0.25, -0.2) is 0 Å². The second kappa shape index (κ2) is 3.17. The van der Waals surface area contributed by atoms with Crippen LogP contribution in [0.4, 0.5) is 0 Å². The molecule has 1 heterocycles. The fourth-order valence-corrected chi connectivity index (χ4v) is 1.74. The molecule has 0 bridgehead atoms. The molecule has 1 fully saturated rings. The lowest BCUT2D eigenvalue weighted by molar-refractivity contribution is 0.203. The normalized spacial score (nSPS) is 18.9. The maximum atomic E-state index is 5.55. The van der Waals surface area contributed by atoms with Crippen LogP contribution in [0.2, 0.25) is 0 Å². The van der Waals surface area contributed by atoms with Crippen molar-refractivity contribution in [2.45, 2.75) is 31.8 Å². The van der Waals surface area contributed by atoms with E-state index in [1.807, 2.05) is 0 Å². The van der Waals surface area contributed by atoms with Crippen LogP contribution in [-0.2, 0) is 0 Å². The van der Waals surface area contributed by atoms with Crippen molar-refractivity contribution in [3.8, 4) is 5.88 Å². The maximum absolute atomic E-state index is 5.55. The molecule has 60 valence electrons. The monoisotopic (exact) mass is 170 g/mol. The molecule has 0 radical (unpaired) electrons. The van der Waals surface area contributed by atoms with E-state index in [0.717, 1.165) is 0 Å². The van der Waals surface area contributed by atoms with Crippen molar-refractivity contribution in [3.05, 3.63) is 6.20 Å². The second-order valence-corrected chi connectivity index (χ2v) is 3.33. The molecule has 0 amide bonds. The predicted octanol–water partition coefficient (Wildman–Crippen LogP) is 1.86. The number of ether oxygens (including phenoxy) is 1. The minimum absolute atomic E-state index is 0.402. The topological polar surface area (TPSA) is 35.0 Å². The van der Waals surface area contributed by atoms with E-state index in [1.165, 1.54) is 37.4 Å². The molecule has 1 aromatic heterocycles. The van der Waals surface area contributed by atoms with Crippen LogP contribution in [0.1, 0.15) is 25.7 Å². The molecular weight excluding hydrogens is 160 g/mol. The fourth-order valence-electron chi connectivity index (χ4n) is 1.38. The van der Waals surface area contributed by atoms with Gasteiger partial charge in [-0.05, 0) is 25.7 Å². The molecule has 0 aliphatic heterocycles. The van der Waals surface area contributed by atoms with E-state index in [1.54, 1.807) is 6.20 Å². The predicted molar refractivity (Wildman–Crippen MR) is 42.8 cm³/mol. The highest BCUT2D eigenvalue weighted by molar-refractivity contribution is 6.99. The van der Waals surface area contributed by atoms with Crippen LogP contribution in [-0.4, -0.2) is 14.9 Å². The summed E-state index contributed by atoms with van der Waals surface area (Å²) < 4.78 is 13.4. The van der Waals surface area contributed by atoms with Gasteiger partial charge in [-0.15, -0.1) is 4.37 Å². The molecule has 1 aliphatic rings. The SMILES string of the molecule is c1nsnc1OC1CCCC1. The summed E-state index contributed by atoms with van der Waals surface area (Å²) in [4.78, 5) is 0. The molecule has 1 aliphatic carbocycles. The molecule has 0 saturated heterocycles. The van der Waals surface area contributed by atoms with Crippen molar-refractivity contribution >= 4 is 11.7 Å². The number of hydrogen-bond donors (Lipinski definition) is 0. The Morgan fingerprint density at radius 3 is 2.91 bits per heavy atom. The Kier molecular flexibility index (Phi) is 2.03. The number of rotatable bonds is 2. The summed E-state index contributed by atoms with van der Waals surface area (Å²) in [5.74, 6) is 0.696. The highest BCUT2D eigenvalue weighted by atomic mass is 32.1. The summed E-state index contributed by atoms with van der Waals surface area (Å²) in [6.07, 6.45) is 7.03. The first-order valence-electron chi connectivity index (χ1n) is 3.89. The van der Waals surface area contributed by atoms with Crippen LogP contribution in [0.3, 0.4) is 0 Å². The average Bonchev–Trinajstić information content (AvgIpc) is 2.60. The highest BCUT2D eigenvalue weighted by Crippen LogP contribution is 2.22. The van der Waals surface area contributed by atoms with Crippen LogP contribution in [0.5, 0.6) is 5.88 Å². The van der Waals surface area contributed by atoms with Gasteiger partial charge in [0, 0.05) is 0 Å². The lowest BCUT2D eigenvalue weighted by atomic mass is 10.3. The molecule has 2 rings (SSSR count). The zero-order valence-electron chi connectivity index (χ0n) is 6.19. The summed E-state index contributed by atoms with van der Waals surface area (Å²) in [6, 6.07) is 0. The summed E-state index contributed by atoms with van der Waals surface area (Å²) >= 11 is 1.20. The lowest BCUT2D eigenvalue weighted by Gasteiger charge is -2.08. The quantitative estimate of drug-likeness (QED) is 0.679. The van der Waals surface area contributed by atoms with Gasteiger partial charge in [0.2, 0.25) is 5.88 Å². The third kappa shape index (κ3) is 1.68. The van der Waals surface area contributed by atoms with Crippen molar-refractivity contribution in [2.24, 2.45) is 0 Å². The molecular formula is C7H10N2OS. The smallest absolute Gasteiger partial charge is 0.245 e. The van der Waals surface area contributed by atoms with E-state index < -0.39 is 0 Å². The van der Waals surface area contributed by atoms with E-state index in [9.17, 15) is 0 Å². The van der Waals surface area contributed by atoms with E-state index >= 15 is 0 Å². The Labute approximate surface area is 69.7 Å². The van der Waals surface area contributed by atoms with Crippen molar-refractivity contribution in [1.29, 1.82) is 0 Å². The Morgan fingerprint density at radius 2 is 2.27 bits per heavy atom. The summed E-state index contributed by atoms with van der Waals surface area (Å²) in [7, 11) is 0. The van der Waals surface area contributed by atoms with Crippen molar-refractivity contribution < 1.29 is 4.74 Å². The van der Waals surface area contributed by atoms with Crippen LogP contribution in [0.25, 0.3) is 0 Å². The number of nitrogens with zero attached hydrogens (tertiary/aromatic N) is 2. The molecule has 0 N–H and O–H groups in total. The number of aromatic nitrogens is 2. The molecule has 4 heteroatoms. The van der Waals surface area contributed by atoms with Gasteiger partial charge < -0.3 is 4.74 Å². The van der Waals surface area contributed by atoms with Gasteiger partial charge in [-0.1, -0.05) is 0 Å². The van der Waals surface area contributed by atoms with E-state index in [2.05, 4.69) is 8.75 Å². The summed E-state index contributed by atoms with van der Waals surface area (Å²) in [6.45, 7) is 0. The first kappa shape index (κ1) is 7.03. The van der Waals surface area contributed by atoms with Gasteiger partial charge in [-0.2, -0.15) is 4.37 Å². The van der Waals surface area contributed by atoms with Gasteiger partial charge in [0.05, 0.1) is 11.7 Å². The zero-order chi connectivity index (χ0) is 7.52. The molecule has 1 saturated carbocycles. The minimum Gasteiger partial charge on any atom is -0.473 e. The molecule has 1 aromatic rings. The third-order valence-corrected chi connectivity index (χ3v) is 2.39. The maximum Gasteiger partial charge on any atom is 0.245 e. The van der Waals surface area contributed by atoms with Gasteiger partial charge in [-0.3, -0.25) is 0 Å². The lowest BCUT2D eigenvalue weighted by Crippen LogP contribution is -2.10. The van der Waals surface area contributed by atoms with Crippen LogP contribution >= 0.6 is 11.7 Å². The van der Waals surface area contributed by atoms with Gasteiger partial charge >= 0.3 is 0 Å². The molecule has 0 atom stereocenters. The number of hydrogen-bond acceptors (Lipinski definition) is 4. The highest BCUT2D eigenvalue weighted by Gasteiger charge is 2.16. The Hall–Kier alpha value is -0.640. The van der Waals surface area contributed by atoms with Crippen molar-refractivity contribution in [3.63, 3.8) is 0 Å².